The van der Waals surface area contributed by atoms with Crippen LogP contribution in [0.3, 0.4) is 0 Å². The predicted octanol–water partition coefficient (Wildman–Crippen LogP) is 0.448. The molecule has 128 valence electrons. The molecule has 0 unspecified atom stereocenters. The minimum atomic E-state index is -0.699. The molecule has 0 aromatic heterocycles. The fourth-order valence-electron chi connectivity index (χ4n) is 3.29. The minimum absolute atomic E-state index is 0.00198. The van der Waals surface area contributed by atoms with Gasteiger partial charge in [0.15, 0.2) is 0 Å². The van der Waals surface area contributed by atoms with Crippen LogP contribution in [-0.2, 0) is 16.0 Å². The van der Waals surface area contributed by atoms with E-state index in [0.29, 0.717) is 6.54 Å². The molecular weight excluding hydrogens is 308 g/mol. The number of amides is 4. The lowest BCUT2D eigenvalue weighted by molar-refractivity contribution is -0.131. The number of imide groups is 1. The molecule has 1 aromatic carbocycles. The Morgan fingerprint density at radius 2 is 2.00 bits per heavy atom. The molecule has 4 amide bonds. The Bertz CT molecular complexity index is 676. The lowest BCUT2D eigenvalue weighted by atomic mass is 10.2. The normalized spacial score (nSPS) is 19.9. The Kier molecular flexibility index (Phi) is 4.42. The van der Waals surface area contributed by atoms with Crippen molar-refractivity contribution in [2.45, 2.75) is 18.9 Å². The summed E-state index contributed by atoms with van der Waals surface area (Å²) in [5.74, 6) is -0.540. The Morgan fingerprint density at radius 3 is 2.71 bits per heavy atom. The molecule has 7 nitrogen and oxygen atoms in total. The first-order valence-corrected chi connectivity index (χ1v) is 8.13. The highest BCUT2D eigenvalue weighted by atomic mass is 16.2. The number of nitrogens with one attached hydrogen (secondary N) is 1. The second-order valence-electron chi connectivity index (χ2n) is 6.23. The van der Waals surface area contributed by atoms with Crippen LogP contribution in [-0.4, -0.2) is 67.4 Å². The lowest BCUT2D eigenvalue weighted by Gasteiger charge is -2.20. The van der Waals surface area contributed by atoms with Crippen LogP contribution in [0.5, 0.6) is 0 Å². The van der Waals surface area contributed by atoms with Crippen molar-refractivity contribution in [3.63, 3.8) is 0 Å². The second-order valence-corrected chi connectivity index (χ2v) is 6.23. The second kappa shape index (κ2) is 6.51. The fraction of sp³-hybridized carbons (Fsp3) is 0.471. The summed E-state index contributed by atoms with van der Waals surface area (Å²) >= 11 is 0. The summed E-state index contributed by atoms with van der Waals surface area (Å²) in [4.78, 5) is 40.4. The highest BCUT2D eigenvalue weighted by Gasteiger charge is 2.41. The number of para-hydroxylation sites is 1. The number of hydrogen-bond donors (Lipinski definition) is 1. The Labute approximate surface area is 141 Å². The number of carbonyl (C=O) groups is 3. The van der Waals surface area contributed by atoms with Crippen molar-refractivity contribution in [2.24, 2.45) is 0 Å². The van der Waals surface area contributed by atoms with Crippen molar-refractivity contribution in [3.8, 4) is 0 Å². The maximum absolute atomic E-state index is 12.1. The van der Waals surface area contributed by atoms with Gasteiger partial charge in [-0.25, -0.2) is 4.79 Å². The summed E-state index contributed by atoms with van der Waals surface area (Å²) in [6, 6.07) is 7.21. The van der Waals surface area contributed by atoms with Crippen LogP contribution in [0.15, 0.2) is 24.3 Å². The van der Waals surface area contributed by atoms with E-state index in [-0.39, 0.29) is 24.3 Å². The van der Waals surface area contributed by atoms with Crippen LogP contribution in [0.25, 0.3) is 0 Å². The van der Waals surface area contributed by atoms with E-state index in [1.165, 1.54) is 23.2 Å². The first-order valence-electron chi connectivity index (χ1n) is 8.13. The molecule has 2 aliphatic rings. The monoisotopic (exact) mass is 330 g/mol. The largest absolute Gasteiger partial charge is 0.369 e. The number of hydrogen-bond acceptors (Lipinski definition) is 4. The molecule has 7 heteroatoms. The zero-order valence-corrected chi connectivity index (χ0v) is 14.0. The van der Waals surface area contributed by atoms with Crippen molar-refractivity contribution in [2.75, 3.05) is 38.6 Å². The number of nitrogens with zero attached hydrogens (tertiary/aromatic N) is 3. The average molecular weight is 330 g/mol. The van der Waals surface area contributed by atoms with E-state index in [4.69, 9.17) is 0 Å². The number of rotatable bonds is 5. The van der Waals surface area contributed by atoms with Crippen LogP contribution in [0.1, 0.15) is 12.0 Å². The molecule has 2 aliphatic heterocycles. The summed E-state index contributed by atoms with van der Waals surface area (Å²) in [6.07, 6.45) is 1.03. The summed E-state index contributed by atoms with van der Waals surface area (Å²) in [7, 11) is 2.98. The first kappa shape index (κ1) is 16.3. The third-order valence-electron chi connectivity index (χ3n) is 4.74. The average Bonchev–Trinajstić information content (AvgIpc) is 3.07. The minimum Gasteiger partial charge on any atom is -0.369 e. The topological polar surface area (TPSA) is 73.0 Å². The molecule has 0 aliphatic carbocycles. The van der Waals surface area contributed by atoms with E-state index in [1.54, 1.807) is 7.05 Å². The number of fused-ring (bicyclic) bond motifs is 1. The van der Waals surface area contributed by atoms with Crippen molar-refractivity contribution >= 4 is 23.5 Å². The van der Waals surface area contributed by atoms with E-state index < -0.39 is 6.04 Å². The summed E-state index contributed by atoms with van der Waals surface area (Å²) in [5.41, 5.74) is 2.56. The van der Waals surface area contributed by atoms with E-state index in [0.717, 1.165) is 24.4 Å². The molecule has 1 N–H and O–H groups in total. The number of anilines is 1. The molecule has 2 heterocycles. The number of carbonyl (C=O) groups excluding carboxylic acids is 3. The molecule has 0 saturated carbocycles. The number of benzene rings is 1. The third kappa shape index (κ3) is 2.93. The molecular formula is C17H22N4O3. The van der Waals surface area contributed by atoms with Crippen LogP contribution >= 0.6 is 0 Å². The van der Waals surface area contributed by atoms with Crippen molar-refractivity contribution in [1.82, 2.24) is 15.1 Å². The molecule has 3 rings (SSSR count). The van der Waals surface area contributed by atoms with Gasteiger partial charge in [0.2, 0.25) is 5.91 Å². The van der Waals surface area contributed by atoms with Gasteiger partial charge in [0.1, 0.15) is 6.04 Å². The highest BCUT2D eigenvalue weighted by Crippen LogP contribution is 2.26. The molecule has 24 heavy (non-hydrogen) atoms. The van der Waals surface area contributed by atoms with Crippen LogP contribution in [0.2, 0.25) is 0 Å². The van der Waals surface area contributed by atoms with Gasteiger partial charge in [-0.3, -0.25) is 14.5 Å². The van der Waals surface area contributed by atoms with Gasteiger partial charge in [-0.05, 0) is 18.1 Å². The number of urea groups is 1. The molecule has 0 spiro atoms. The quantitative estimate of drug-likeness (QED) is 0.796. The Balaban J connectivity index is 1.47. The van der Waals surface area contributed by atoms with Gasteiger partial charge in [-0.1, -0.05) is 18.2 Å². The van der Waals surface area contributed by atoms with Crippen molar-refractivity contribution < 1.29 is 14.4 Å². The van der Waals surface area contributed by atoms with E-state index in [1.807, 2.05) is 12.1 Å². The highest BCUT2D eigenvalue weighted by molar-refractivity contribution is 6.05. The van der Waals surface area contributed by atoms with Gasteiger partial charge in [-0.2, -0.15) is 0 Å². The van der Waals surface area contributed by atoms with E-state index in [2.05, 4.69) is 22.3 Å². The lowest BCUT2D eigenvalue weighted by Crippen LogP contribution is -2.39. The summed E-state index contributed by atoms with van der Waals surface area (Å²) < 4.78 is 0. The Hall–Kier alpha value is -2.57. The molecule has 0 bridgehead atoms. The molecule has 1 atom stereocenters. The van der Waals surface area contributed by atoms with Gasteiger partial charge >= 0.3 is 6.03 Å². The van der Waals surface area contributed by atoms with E-state index >= 15 is 0 Å². The molecule has 1 fully saturated rings. The zero-order valence-electron chi connectivity index (χ0n) is 14.0. The zero-order chi connectivity index (χ0) is 17.3. The SMILES string of the molecule is CN1C(=O)[C@@H](CC(=O)NCCN2CCc3ccccc32)N(C)C1=O. The van der Waals surface area contributed by atoms with Crippen molar-refractivity contribution in [3.05, 3.63) is 29.8 Å². The molecule has 1 saturated heterocycles. The van der Waals surface area contributed by atoms with Gasteiger partial charge < -0.3 is 15.1 Å². The number of likely N-dealkylation sites (N-methyl/N-ethyl adjacent to an activating group) is 2. The van der Waals surface area contributed by atoms with Crippen LogP contribution < -0.4 is 10.2 Å². The van der Waals surface area contributed by atoms with Crippen LogP contribution in [0.4, 0.5) is 10.5 Å². The predicted molar refractivity (Wildman–Crippen MR) is 89.7 cm³/mol. The maximum Gasteiger partial charge on any atom is 0.326 e. The summed E-state index contributed by atoms with van der Waals surface area (Å²) in [5, 5.41) is 2.85. The van der Waals surface area contributed by atoms with E-state index in [9.17, 15) is 14.4 Å². The van der Waals surface area contributed by atoms with Gasteiger partial charge in [-0.15, -0.1) is 0 Å². The van der Waals surface area contributed by atoms with Crippen LogP contribution in [0, 0.1) is 0 Å². The van der Waals surface area contributed by atoms with Gasteiger partial charge in [0, 0.05) is 39.4 Å². The Morgan fingerprint density at radius 1 is 1.25 bits per heavy atom. The third-order valence-corrected chi connectivity index (χ3v) is 4.74. The smallest absolute Gasteiger partial charge is 0.326 e. The molecule has 1 aromatic rings. The first-order chi connectivity index (χ1) is 11.5. The maximum atomic E-state index is 12.1. The van der Waals surface area contributed by atoms with Gasteiger partial charge in [0.25, 0.3) is 5.91 Å². The summed E-state index contributed by atoms with van der Waals surface area (Å²) in [6.45, 7) is 2.20. The van der Waals surface area contributed by atoms with Crippen molar-refractivity contribution in [1.29, 1.82) is 0 Å². The fourth-order valence-corrected chi connectivity index (χ4v) is 3.29. The van der Waals surface area contributed by atoms with Gasteiger partial charge in [0.05, 0.1) is 6.42 Å². The molecule has 0 radical (unpaired) electrons. The standard InChI is InChI=1S/C17H22N4O3/c1-19-14(16(23)20(2)17(19)24)11-15(22)18-8-10-21-9-7-12-5-3-4-6-13(12)21/h3-6,14H,7-11H2,1-2H3,(H,18,22)/t14-/m1/s1.